The van der Waals surface area contributed by atoms with Crippen molar-refractivity contribution in [2.75, 3.05) is 0 Å². The summed E-state index contributed by atoms with van der Waals surface area (Å²) in [7, 11) is 0. The number of hydrogen-bond acceptors (Lipinski definition) is 3. The molecule has 0 atom stereocenters. The standard InChI is InChI=1S/C11H8F6O3S/c12-10(13,14)20-7-3-1-6(2-4-9(18)19)5-8(7)21-11(15,16)17/h1,3,5H,2,4H2,(H,18,19). The lowest BCUT2D eigenvalue weighted by molar-refractivity contribution is -0.275. The molecule has 0 bridgehead atoms. The number of hydrogen-bond donors (Lipinski definition) is 1. The van der Waals surface area contributed by atoms with Crippen molar-refractivity contribution in [3.8, 4) is 5.75 Å². The lowest BCUT2D eigenvalue weighted by Crippen LogP contribution is -2.18. The molecule has 1 aromatic carbocycles. The molecule has 0 amide bonds. The number of benzene rings is 1. The van der Waals surface area contributed by atoms with Crippen molar-refractivity contribution in [3.63, 3.8) is 0 Å². The molecule has 0 aromatic heterocycles. The van der Waals surface area contributed by atoms with Crippen LogP contribution < -0.4 is 4.74 Å². The molecule has 0 aliphatic carbocycles. The monoisotopic (exact) mass is 334 g/mol. The maximum atomic E-state index is 12.3. The van der Waals surface area contributed by atoms with Gasteiger partial charge in [-0.2, -0.15) is 13.2 Å². The second-order valence-corrected chi connectivity index (χ2v) is 4.88. The Morgan fingerprint density at radius 2 is 1.81 bits per heavy atom. The topological polar surface area (TPSA) is 46.5 Å². The van der Waals surface area contributed by atoms with Gasteiger partial charge < -0.3 is 9.84 Å². The van der Waals surface area contributed by atoms with E-state index in [9.17, 15) is 31.1 Å². The first kappa shape index (κ1) is 17.5. The van der Waals surface area contributed by atoms with E-state index in [0.717, 1.165) is 18.2 Å². The molecule has 10 heteroatoms. The minimum absolute atomic E-state index is 0.104. The summed E-state index contributed by atoms with van der Waals surface area (Å²) in [5.74, 6) is -2.15. The van der Waals surface area contributed by atoms with Crippen LogP contribution in [-0.4, -0.2) is 22.9 Å². The first-order valence-electron chi connectivity index (χ1n) is 5.32. The van der Waals surface area contributed by atoms with Gasteiger partial charge in [-0.15, -0.1) is 13.2 Å². The molecule has 0 saturated carbocycles. The second-order valence-electron chi connectivity index (χ2n) is 3.77. The summed E-state index contributed by atoms with van der Waals surface area (Å²) in [4.78, 5) is 9.61. The van der Waals surface area contributed by atoms with E-state index in [2.05, 4.69) is 4.74 Å². The van der Waals surface area contributed by atoms with Gasteiger partial charge in [0, 0.05) is 6.42 Å². The van der Waals surface area contributed by atoms with Gasteiger partial charge in [0.15, 0.2) is 0 Å². The van der Waals surface area contributed by atoms with Crippen LogP contribution in [0.15, 0.2) is 23.1 Å². The number of aliphatic carboxylic acids is 1. The summed E-state index contributed by atoms with van der Waals surface area (Å²) >= 11 is -0.756. The molecule has 1 aromatic rings. The molecule has 0 heterocycles. The molecule has 118 valence electrons. The van der Waals surface area contributed by atoms with Gasteiger partial charge >= 0.3 is 17.8 Å². The van der Waals surface area contributed by atoms with Crippen LogP contribution in [-0.2, 0) is 11.2 Å². The maximum Gasteiger partial charge on any atom is 0.573 e. The lowest BCUT2D eigenvalue weighted by Gasteiger charge is -2.15. The van der Waals surface area contributed by atoms with E-state index in [-0.39, 0.29) is 18.4 Å². The number of carbonyl (C=O) groups is 1. The first-order chi connectivity index (χ1) is 9.46. The van der Waals surface area contributed by atoms with Crippen molar-refractivity contribution in [2.45, 2.75) is 29.6 Å². The van der Waals surface area contributed by atoms with Crippen LogP contribution in [0.4, 0.5) is 26.3 Å². The Morgan fingerprint density at radius 1 is 1.19 bits per heavy atom. The molecule has 0 saturated heterocycles. The van der Waals surface area contributed by atoms with Crippen molar-refractivity contribution >= 4 is 17.7 Å². The summed E-state index contributed by atoms with van der Waals surface area (Å²) in [6, 6.07) is 2.66. The molecule has 0 aliphatic rings. The third-order valence-corrected chi connectivity index (χ3v) is 2.86. The number of alkyl halides is 6. The Morgan fingerprint density at radius 3 is 2.29 bits per heavy atom. The summed E-state index contributed by atoms with van der Waals surface area (Å²) in [5, 5.41) is 8.48. The highest BCUT2D eigenvalue weighted by molar-refractivity contribution is 8.00. The number of ether oxygens (including phenoxy) is 1. The van der Waals surface area contributed by atoms with Crippen LogP contribution in [0.1, 0.15) is 12.0 Å². The molecule has 0 radical (unpaired) electrons. The van der Waals surface area contributed by atoms with E-state index in [1.54, 1.807) is 0 Å². The van der Waals surface area contributed by atoms with Crippen LogP contribution in [0, 0.1) is 0 Å². The summed E-state index contributed by atoms with van der Waals surface area (Å²) in [5.41, 5.74) is -4.63. The second kappa shape index (κ2) is 6.46. The third-order valence-electron chi connectivity index (χ3n) is 2.09. The van der Waals surface area contributed by atoms with E-state index in [0.29, 0.717) is 0 Å². The fourth-order valence-corrected chi connectivity index (χ4v) is 2.04. The predicted octanol–water partition coefficient (Wildman–Crippen LogP) is 4.21. The van der Waals surface area contributed by atoms with Gasteiger partial charge in [0.2, 0.25) is 0 Å². The Labute approximate surface area is 118 Å². The number of carboxylic acids is 1. The van der Waals surface area contributed by atoms with E-state index in [1.165, 1.54) is 0 Å². The third kappa shape index (κ3) is 7.11. The highest BCUT2D eigenvalue weighted by Crippen LogP contribution is 2.43. The molecule has 21 heavy (non-hydrogen) atoms. The quantitative estimate of drug-likeness (QED) is 0.647. The average molecular weight is 334 g/mol. The molecule has 1 N–H and O–H groups in total. The molecule has 0 fully saturated rings. The van der Waals surface area contributed by atoms with Gasteiger partial charge in [0.05, 0.1) is 4.90 Å². The molecule has 0 unspecified atom stereocenters. The Bertz CT molecular complexity index is 512. The Hall–Kier alpha value is -1.58. The normalized spacial score (nSPS) is 12.3. The fraction of sp³-hybridized carbons (Fsp3) is 0.364. The highest BCUT2D eigenvalue weighted by Gasteiger charge is 2.35. The molecule has 0 spiro atoms. The van der Waals surface area contributed by atoms with E-state index >= 15 is 0 Å². The average Bonchev–Trinajstić information content (AvgIpc) is 2.25. The SMILES string of the molecule is O=C(O)CCc1ccc(OC(F)(F)F)c(SC(F)(F)F)c1. The van der Waals surface area contributed by atoms with Crippen molar-refractivity contribution in [1.82, 2.24) is 0 Å². The minimum Gasteiger partial charge on any atom is -0.481 e. The number of rotatable bonds is 5. The zero-order chi connectivity index (χ0) is 16.3. The molecular weight excluding hydrogens is 326 g/mol. The number of carboxylic acid groups (broad SMARTS) is 1. The van der Waals surface area contributed by atoms with E-state index in [4.69, 9.17) is 5.11 Å². The highest BCUT2D eigenvalue weighted by atomic mass is 32.2. The van der Waals surface area contributed by atoms with Crippen molar-refractivity contribution in [1.29, 1.82) is 0 Å². The molecule has 1 rings (SSSR count). The maximum absolute atomic E-state index is 12.3. The van der Waals surface area contributed by atoms with Gasteiger partial charge in [-0.25, -0.2) is 0 Å². The molecule has 3 nitrogen and oxygen atoms in total. The summed E-state index contributed by atoms with van der Waals surface area (Å²) in [6.07, 6.45) is -5.58. The summed E-state index contributed by atoms with van der Waals surface area (Å²) in [6.45, 7) is 0. The fourth-order valence-electron chi connectivity index (χ4n) is 1.37. The number of halogens is 6. The molecule has 0 aliphatic heterocycles. The molecular formula is C11H8F6O3S. The largest absolute Gasteiger partial charge is 0.573 e. The van der Waals surface area contributed by atoms with Crippen molar-refractivity contribution in [3.05, 3.63) is 23.8 Å². The van der Waals surface area contributed by atoms with Crippen LogP contribution in [0.3, 0.4) is 0 Å². The van der Waals surface area contributed by atoms with Gasteiger partial charge in [-0.1, -0.05) is 6.07 Å². The van der Waals surface area contributed by atoms with Crippen LogP contribution in [0.5, 0.6) is 5.75 Å². The first-order valence-corrected chi connectivity index (χ1v) is 6.14. The van der Waals surface area contributed by atoms with Crippen LogP contribution >= 0.6 is 11.8 Å². The minimum atomic E-state index is -5.12. The zero-order valence-corrected chi connectivity index (χ0v) is 10.9. The number of aryl methyl sites for hydroxylation is 1. The summed E-state index contributed by atoms with van der Waals surface area (Å²) < 4.78 is 76.9. The van der Waals surface area contributed by atoms with Gasteiger partial charge in [-0.3, -0.25) is 4.79 Å². The predicted molar refractivity (Wildman–Crippen MR) is 61.0 cm³/mol. The smallest absolute Gasteiger partial charge is 0.481 e. The van der Waals surface area contributed by atoms with Crippen molar-refractivity contribution in [2.24, 2.45) is 0 Å². The Kier molecular flexibility index (Phi) is 5.37. The van der Waals surface area contributed by atoms with Crippen LogP contribution in [0.25, 0.3) is 0 Å². The van der Waals surface area contributed by atoms with Gasteiger partial charge in [0.25, 0.3) is 0 Å². The lowest BCUT2D eigenvalue weighted by atomic mass is 10.1. The Balaban J connectivity index is 3.04. The van der Waals surface area contributed by atoms with Gasteiger partial charge in [0.1, 0.15) is 5.75 Å². The van der Waals surface area contributed by atoms with Crippen LogP contribution in [0.2, 0.25) is 0 Å². The van der Waals surface area contributed by atoms with E-state index < -0.39 is 40.2 Å². The zero-order valence-electron chi connectivity index (χ0n) is 10.1. The van der Waals surface area contributed by atoms with E-state index in [1.807, 2.05) is 0 Å². The van der Waals surface area contributed by atoms with Crippen molar-refractivity contribution < 1.29 is 41.0 Å². The van der Waals surface area contributed by atoms with Gasteiger partial charge in [-0.05, 0) is 35.9 Å². The number of thioether (sulfide) groups is 1.